The SMILES string of the molecule is Cn1ccc(C2(F)CCN(C(=O)OC(C)(C)C)C2)cc1=O. The maximum atomic E-state index is 15.0. The molecular formula is C15H21FN2O3. The zero-order valence-electron chi connectivity index (χ0n) is 12.9. The third-order valence-corrected chi connectivity index (χ3v) is 3.49. The van der Waals surface area contributed by atoms with E-state index < -0.39 is 17.4 Å². The summed E-state index contributed by atoms with van der Waals surface area (Å²) in [5.41, 5.74) is -2.25. The van der Waals surface area contributed by atoms with E-state index in [0.29, 0.717) is 5.56 Å². The fraction of sp³-hybridized carbons (Fsp3) is 0.600. The molecule has 0 spiro atoms. The van der Waals surface area contributed by atoms with Crippen molar-refractivity contribution in [3.63, 3.8) is 0 Å². The Bertz CT molecular complexity index is 606. The quantitative estimate of drug-likeness (QED) is 0.798. The second kappa shape index (κ2) is 5.16. The Labute approximate surface area is 123 Å². The molecule has 0 saturated carbocycles. The minimum absolute atomic E-state index is 0.0882. The largest absolute Gasteiger partial charge is 0.444 e. The molecule has 0 aromatic carbocycles. The number of pyridine rings is 1. The van der Waals surface area contributed by atoms with Gasteiger partial charge in [0.1, 0.15) is 5.60 Å². The Kier molecular flexibility index (Phi) is 3.82. The number of alkyl halides is 1. The van der Waals surface area contributed by atoms with Crippen molar-refractivity contribution in [2.75, 3.05) is 13.1 Å². The number of hydrogen-bond acceptors (Lipinski definition) is 3. The lowest BCUT2D eigenvalue weighted by molar-refractivity contribution is 0.0257. The lowest BCUT2D eigenvalue weighted by Gasteiger charge is -2.25. The van der Waals surface area contributed by atoms with Gasteiger partial charge in [-0.2, -0.15) is 0 Å². The summed E-state index contributed by atoms with van der Waals surface area (Å²) in [6.45, 7) is 5.50. The number of likely N-dealkylation sites (tertiary alicyclic amines) is 1. The van der Waals surface area contributed by atoms with E-state index in [1.165, 1.54) is 21.7 Å². The molecule has 5 nitrogen and oxygen atoms in total. The molecule has 0 N–H and O–H groups in total. The van der Waals surface area contributed by atoms with Gasteiger partial charge in [-0.1, -0.05) is 0 Å². The van der Waals surface area contributed by atoms with Gasteiger partial charge in [0, 0.05) is 32.3 Å². The highest BCUT2D eigenvalue weighted by Crippen LogP contribution is 2.35. The van der Waals surface area contributed by atoms with Crippen LogP contribution in [0.5, 0.6) is 0 Å². The molecule has 1 aliphatic rings. The maximum Gasteiger partial charge on any atom is 0.410 e. The van der Waals surface area contributed by atoms with E-state index in [-0.39, 0.29) is 25.1 Å². The molecule has 0 bridgehead atoms. The van der Waals surface area contributed by atoms with Crippen molar-refractivity contribution < 1.29 is 13.9 Å². The molecule has 1 aromatic heterocycles. The number of carbonyl (C=O) groups excluding carboxylic acids is 1. The fourth-order valence-corrected chi connectivity index (χ4v) is 2.32. The summed E-state index contributed by atoms with van der Waals surface area (Å²) in [6.07, 6.45) is 1.18. The van der Waals surface area contributed by atoms with E-state index in [2.05, 4.69) is 0 Å². The number of aromatic nitrogens is 1. The van der Waals surface area contributed by atoms with Crippen LogP contribution < -0.4 is 5.56 Å². The van der Waals surface area contributed by atoms with E-state index in [1.54, 1.807) is 33.9 Å². The standard InChI is InChI=1S/C15H21FN2O3/c1-14(2,3)21-13(20)18-8-6-15(16,10-18)11-5-7-17(4)12(19)9-11/h5,7,9H,6,8,10H2,1-4H3. The van der Waals surface area contributed by atoms with Gasteiger partial charge in [0.05, 0.1) is 6.54 Å². The number of amides is 1. The van der Waals surface area contributed by atoms with E-state index in [9.17, 15) is 9.59 Å². The molecule has 6 heteroatoms. The topological polar surface area (TPSA) is 51.5 Å². The first-order valence-electron chi connectivity index (χ1n) is 6.95. The minimum Gasteiger partial charge on any atom is -0.444 e. The van der Waals surface area contributed by atoms with E-state index in [1.807, 2.05) is 0 Å². The number of rotatable bonds is 1. The number of carbonyl (C=O) groups is 1. The summed E-state index contributed by atoms with van der Waals surface area (Å²) >= 11 is 0. The number of hydrogen-bond donors (Lipinski definition) is 0. The summed E-state index contributed by atoms with van der Waals surface area (Å²) in [7, 11) is 1.61. The first kappa shape index (κ1) is 15.5. The van der Waals surface area contributed by atoms with Gasteiger partial charge in [-0.15, -0.1) is 0 Å². The third-order valence-electron chi connectivity index (χ3n) is 3.49. The smallest absolute Gasteiger partial charge is 0.410 e. The van der Waals surface area contributed by atoms with Gasteiger partial charge >= 0.3 is 6.09 Å². The summed E-state index contributed by atoms with van der Waals surface area (Å²) in [6, 6.07) is 2.87. The third kappa shape index (κ3) is 3.43. The molecule has 2 rings (SSSR count). The van der Waals surface area contributed by atoms with Crippen molar-refractivity contribution in [3.8, 4) is 0 Å². The number of nitrogens with zero attached hydrogens (tertiary/aromatic N) is 2. The van der Waals surface area contributed by atoms with Crippen LogP contribution in [0, 0.1) is 0 Å². The van der Waals surface area contributed by atoms with Crippen molar-refractivity contribution >= 4 is 6.09 Å². The molecule has 1 amide bonds. The molecule has 0 radical (unpaired) electrons. The molecule has 21 heavy (non-hydrogen) atoms. The molecule has 1 aliphatic heterocycles. The van der Waals surface area contributed by atoms with Gasteiger partial charge < -0.3 is 14.2 Å². The Morgan fingerprint density at radius 3 is 2.67 bits per heavy atom. The molecular weight excluding hydrogens is 275 g/mol. The van der Waals surface area contributed by atoms with Crippen LogP contribution in [-0.2, 0) is 17.5 Å². The molecule has 1 fully saturated rings. The van der Waals surface area contributed by atoms with Crippen LogP contribution in [0.15, 0.2) is 23.1 Å². The van der Waals surface area contributed by atoms with E-state index in [0.717, 1.165) is 0 Å². The Hall–Kier alpha value is -1.85. The minimum atomic E-state index is -1.69. The molecule has 1 saturated heterocycles. The molecule has 1 unspecified atom stereocenters. The van der Waals surface area contributed by atoms with E-state index >= 15 is 4.39 Å². The summed E-state index contributed by atoms with van der Waals surface area (Å²) in [4.78, 5) is 25.0. The predicted octanol–water partition coefficient (Wildman–Crippen LogP) is 2.19. The van der Waals surface area contributed by atoms with Crippen LogP contribution in [0.2, 0.25) is 0 Å². The highest BCUT2D eigenvalue weighted by atomic mass is 19.1. The molecule has 116 valence electrons. The predicted molar refractivity (Wildman–Crippen MR) is 76.9 cm³/mol. The van der Waals surface area contributed by atoms with Crippen molar-refractivity contribution in [3.05, 3.63) is 34.2 Å². The lowest BCUT2D eigenvalue weighted by atomic mass is 9.96. The zero-order valence-corrected chi connectivity index (χ0v) is 12.9. The lowest BCUT2D eigenvalue weighted by Crippen LogP contribution is -2.37. The molecule has 0 aliphatic carbocycles. The second-order valence-corrected chi connectivity index (χ2v) is 6.48. The van der Waals surface area contributed by atoms with Crippen LogP contribution >= 0.6 is 0 Å². The van der Waals surface area contributed by atoms with Gasteiger partial charge in [0.15, 0.2) is 5.67 Å². The average molecular weight is 296 g/mol. The highest BCUT2D eigenvalue weighted by Gasteiger charge is 2.43. The van der Waals surface area contributed by atoms with Crippen LogP contribution in [0.1, 0.15) is 32.8 Å². The number of aryl methyl sites for hydroxylation is 1. The van der Waals surface area contributed by atoms with Crippen LogP contribution in [-0.4, -0.2) is 34.3 Å². The second-order valence-electron chi connectivity index (χ2n) is 6.48. The van der Waals surface area contributed by atoms with Gasteiger partial charge in [0.25, 0.3) is 5.56 Å². The Morgan fingerprint density at radius 1 is 1.43 bits per heavy atom. The zero-order chi connectivity index (χ0) is 15.8. The summed E-state index contributed by atoms with van der Waals surface area (Å²) in [5, 5.41) is 0. The van der Waals surface area contributed by atoms with Crippen LogP contribution in [0.25, 0.3) is 0 Å². The number of halogens is 1. The fourth-order valence-electron chi connectivity index (χ4n) is 2.32. The van der Waals surface area contributed by atoms with Gasteiger partial charge in [0.2, 0.25) is 0 Å². The van der Waals surface area contributed by atoms with Crippen molar-refractivity contribution in [2.45, 2.75) is 38.5 Å². The van der Waals surface area contributed by atoms with Crippen molar-refractivity contribution in [1.82, 2.24) is 9.47 Å². The summed E-state index contributed by atoms with van der Waals surface area (Å²) in [5.74, 6) is 0. The first-order valence-corrected chi connectivity index (χ1v) is 6.95. The highest BCUT2D eigenvalue weighted by molar-refractivity contribution is 5.68. The molecule has 1 aromatic rings. The van der Waals surface area contributed by atoms with Crippen molar-refractivity contribution in [1.29, 1.82) is 0 Å². The Morgan fingerprint density at radius 2 is 2.10 bits per heavy atom. The van der Waals surface area contributed by atoms with E-state index in [4.69, 9.17) is 4.74 Å². The van der Waals surface area contributed by atoms with Gasteiger partial charge in [-0.05, 0) is 32.4 Å². The Balaban J connectivity index is 2.14. The maximum absolute atomic E-state index is 15.0. The van der Waals surface area contributed by atoms with Crippen molar-refractivity contribution in [2.24, 2.45) is 7.05 Å². The van der Waals surface area contributed by atoms with Gasteiger partial charge in [-0.3, -0.25) is 4.79 Å². The summed E-state index contributed by atoms with van der Waals surface area (Å²) < 4.78 is 21.6. The first-order chi connectivity index (χ1) is 9.61. The van der Waals surface area contributed by atoms with Crippen LogP contribution in [0.3, 0.4) is 0 Å². The van der Waals surface area contributed by atoms with Crippen LogP contribution in [0.4, 0.5) is 9.18 Å². The normalized spacial score (nSPS) is 22.4. The molecule has 2 heterocycles. The van der Waals surface area contributed by atoms with Gasteiger partial charge in [-0.25, -0.2) is 9.18 Å². The monoisotopic (exact) mass is 296 g/mol. The average Bonchev–Trinajstić information content (AvgIpc) is 2.75. The molecule has 1 atom stereocenters. The number of ether oxygens (including phenoxy) is 1.